The third-order valence-corrected chi connectivity index (χ3v) is 6.60. The van der Waals surface area contributed by atoms with Gasteiger partial charge in [-0.25, -0.2) is 23.5 Å². The largest absolute Gasteiger partial charge is 0.447 e. The predicted molar refractivity (Wildman–Crippen MR) is 167 cm³/mol. The molecule has 0 spiro atoms. The number of hydrogen-bond acceptors (Lipinski definition) is 10. The van der Waals surface area contributed by atoms with Gasteiger partial charge in [0.25, 0.3) is 5.89 Å². The minimum atomic E-state index is -0.411. The van der Waals surface area contributed by atoms with E-state index in [2.05, 4.69) is 31.6 Å². The SMILES string of the molecule is C=CC=C(C)C.CC(C)OC(=O)N1CCC(OCc2noc(-c3cnc(N4CCC(N)C4)nc3)n2)CC1.Fc1ccc(F)cc1. The summed E-state index contributed by atoms with van der Waals surface area (Å²) in [6.45, 7) is 14.4. The van der Waals surface area contributed by atoms with Gasteiger partial charge in [0.05, 0.1) is 17.8 Å². The lowest BCUT2D eigenvalue weighted by atomic mass is 10.1. The normalized spacial score (nSPS) is 16.3. The van der Waals surface area contributed by atoms with Crippen molar-refractivity contribution in [2.24, 2.45) is 5.73 Å². The number of benzene rings is 1. The van der Waals surface area contributed by atoms with Crippen molar-refractivity contribution in [3.63, 3.8) is 0 Å². The Kier molecular flexibility index (Phi) is 14.0. The second-order valence-electron chi connectivity index (χ2n) is 11.1. The van der Waals surface area contributed by atoms with Gasteiger partial charge in [-0.2, -0.15) is 4.98 Å². The van der Waals surface area contributed by atoms with Crippen LogP contribution in [0.1, 0.15) is 52.8 Å². The fourth-order valence-corrected chi connectivity index (χ4v) is 4.33. The van der Waals surface area contributed by atoms with Crippen LogP contribution in [0, 0.1) is 11.6 Å². The van der Waals surface area contributed by atoms with Crippen LogP contribution in [0.5, 0.6) is 0 Å². The fourth-order valence-electron chi connectivity index (χ4n) is 4.33. The third-order valence-electron chi connectivity index (χ3n) is 6.60. The molecule has 45 heavy (non-hydrogen) atoms. The molecule has 1 aromatic carbocycles. The highest BCUT2D eigenvalue weighted by atomic mass is 19.1. The lowest BCUT2D eigenvalue weighted by Crippen LogP contribution is -2.41. The van der Waals surface area contributed by atoms with Crippen molar-refractivity contribution < 1.29 is 27.6 Å². The Hall–Kier alpha value is -4.23. The maximum Gasteiger partial charge on any atom is 0.410 e. The van der Waals surface area contributed by atoms with Gasteiger partial charge >= 0.3 is 6.09 Å². The Morgan fingerprint density at radius 3 is 2.20 bits per heavy atom. The van der Waals surface area contributed by atoms with Gasteiger partial charge in [0.15, 0.2) is 5.82 Å². The zero-order valence-corrected chi connectivity index (χ0v) is 26.4. The topological polar surface area (TPSA) is 133 Å². The van der Waals surface area contributed by atoms with E-state index in [4.69, 9.17) is 19.7 Å². The Morgan fingerprint density at radius 1 is 1.09 bits per heavy atom. The lowest BCUT2D eigenvalue weighted by Gasteiger charge is -2.31. The molecule has 11 nitrogen and oxygen atoms in total. The van der Waals surface area contributed by atoms with Crippen LogP contribution in [0.4, 0.5) is 19.5 Å². The van der Waals surface area contributed by atoms with E-state index in [1.165, 1.54) is 5.57 Å². The first-order valence-corrected chi connectivity index (χ1v) is 14.9. The number of carbonyl (C=O) groups is 1. The molecule has 2 N–H and O–H groups in total. The standard InChI is InChI=1S/C20H29N7O4.C6H4F2.C6H10/c1-13(2)30-20(28)26-7-4-16(5-8-26)29-12-17-24-18(31-25-17)14-9-22-19(23-10-14)27-6-3-15(21)11-27;7-5-1-2-6(8)4-3-5;1-4-5-6(2)3/h9-10,13,15-16H,3-8,11-12,21H2,1-2H3;1-4H;4-5H,1H2,2-3H3. The Bertz CT molecular complexity index is 1330. The number of likely N-dealkylation sites (tertiary alicyclic amines) is 1. The van der Waals surface area contributed by atoms with Crippen molar-refractivity contribution in [1.29, 1.82) is 0 Å². The highest BCUT2D eigenvalue weighted by Gasteiger charge is 2.25. The van der Waals surface area contributed by atoms with Gasteiger partial charge in [-0.3, -0.25) is 0 Å². The lowest BCUT2D eigenvalue weighted by molar-refractivity contribution is -0.00899. The average molecular weight is 628 g/mol. The van der Waals surface area contributed by atoms with Gasteiger partial charge in [0, 0.05) is 44.6 Å². The summed E-state index contributed by atoms with van der Waals surface area (Å²) in [5.74, 6) is 0.655. The molecule has 3 aromatic rings. The van der Waals surface area contributed by atoms with Crippen molar-refractivity contribution in [2.45, 2.75) is 71.8 Å². The van der Waals surface area contributed by atoms with Gasteiger partial charge in [-0.15, -0.1) is 0 Å². The first-order chi connectivity index (χ1) is 21.5. The molecule has 1 unspecified atom stereocenters. The number of piperidine rings is 1. The van der Waals surface area contributed by atoms with Crippen molar-refractivity contribution in [2.75, 3.05) is 31.1 Å². The molecular formula is C32H43F2N7O4. The van der Waals surface area contributed by atoms with Gasteiger partial charge in [-0.05, 0) is 71.2 Å². The molecule has 13 heteroatoms. The fraction of sp³-hybridized carbons (Fsp3) is 0.469. The summed E-state index contributed by atoms with van der Waals surface area (Å²) < 4.78 is 40.3. The van der Waals surface area contributed by atoms with E-state index in [-0.39, 0.29) is 30.9 Å². The van der Waals surface area contributed by atoms with Crippen molar-refractivity contribution >= 4 is 12.0 Å². The number of carbonyl (C=O) groups excluding carboxylic acids is 1. The quantitative estimate of drug-likeness (QED) is 0.326. The van der Waals surface area contributed by atoms with Crippen molar-refractivity contribution in [3.05, 3.63) is 78.4 Å². The molecule has 0 bridgehead atoms. The van der Waals surface area contributed by atoms with Crippen LogP contribution in [0.25, 0.3) is 11.5 Å². The number of amides is 1. The van der Waals surface area contributed by atoms with Crippen LogP contribution >= 0.6 is 0 Å². The number of aromatic nitrogens is 4. The number of halogens is 2. The Morgan fingerprint density at radius 2 is 1.71 bits per heavy atom. The third kappa shape index (κ3) is 12.4. The van der Waals surface area contributed by atoms with Crippen LogP contribution in [-0.4, -0.2) is 75.5 Å². The monoisotopic (exact) mass is 627 g/mol. The minimum absolute atomic E-state index is 0.0412. The first kappa shape index (κ1) is 35.3. The summed E-state index contributed by atoms with van der Waals surface area (Å²) in [6.07, 6.45) is 9.20. The second kappa shape index (κ2) is 17.9. The molecule has 2 fully saturated rings. The summed E-state index contributed by atoms with van der Waals surface area (Å²) in [7, 11) is 0. The number of allylic oxidation sites excluding steroid dienone is 3. The highest BCUT2D eigenvalue weighted by molar-refractivity contribution is 5.67. The summed E-state index contributed by atoms with van der Waals surface area (Å²) in [6, 6.07) is 4.48. The highest BCUT2D eigenvalue weighted by Crippen LogP contribution is 2.21. The second-order valence-corrected chi connectivity index (χ2v) is 11.1. The number of anilines is 1. The maximum atomic E-state index is 12.0. The summed E-state index contributed by atoms with van der Waals surface area (Å²) in [5, 5.41) is 3.98. The van der Waals surface area contributed by atoms with Gasteiger partial charge in [-0.1, -0.05) is 29.5 Å². The summed E-state index contributed by atoms with van der Waals surface area (Å²) in [4.78, 5) is 28.9. The molecule has 244 valence electrons. The van der Waals surface area contributed by atoms with E-state index < -0.39 is 11.6 Å². The average Bonchev–Trinajstić information content (AvgIpc) is 3.67. The summed E-state index contributed by atoms with van der Waals surface area (Å²) >= 11 is 0. The van der Waals surface area contributed by atoms with Crippen LogP contribution in [0.2, 0.25) is 0 Å². The van der Waals surface area contributed by atoms with E-state index >= 15 is 0 Å². The first-order valence-electron chi connectivity index (χ1n) is 14.9. The molecular weight excluding hydrogens is 584 g/mol. The number of nitrogens with two attached hydrogens (primary N) is 1. The Labute approximate surface area is 263 Å². The zero-order chi connectivity index (χ0) is 32.8. The van der Waals surface area contributed by atoms with Gasteiger partial charge in [0.2, 0.25) is 5.95 Å². The van der Waals surface area contributed by atoms with Gasteiger partial charge < -0.3 is 29.5 Å². The summed E-state index contributed by atoms with van der Waals surface area (Å²) in [5.41, 5.74) is 7.89. The molecule has 0 radical (unpaired) electrons. The van der Waals surface area contributed by atoms with Crippen molar-refractivity contribution in [3.8, 4) is 11.5 Å². The van der Waals surface area contributed by atoms with E-state index in [1.807, 2.05) is 33.8 Å². The molecule has 1 amide bonds. The molecule has 2 aliphatic heterocycles. The number of hydrogen-bond donors (Lipinski definition) is 1. The molecule has 5 rings (SSSR count). The molecule has 0 aliphatic carbocycles. The van der Waals surface area contributed by atoms with E-state index in [0.29, 0.717) is 36.3 Å². The van der Waals surface area contributed by atoms with Crippen LogP contribution < -0.4 is 10.6 Å². The molecule has 2 aromatic heterocycles. The molecule has 0 saturated carbocycles. The zero-order valence-electron chi connectivity index (χ0n) is 26.4. The van der Waals surface area contributed by atoms with Crippen LogP contribution in [0.15, 0.2) is 65.5 Å². The predicted octanol–water partition coefficient (Wildman–Crippen LogP) is 5.69. The molecule has 2 aliphatic rings. The van der Waals surface area contributed by atoms with Gasteiger partial charge in [0.1, 0.15) is 18.2 Å². The molecule has 2 saturated heterocycles. The minimum Gasteiger partial charge on any atom is -0.447 e. The van der Waals surface area contributed by atoms with E-state index in [9.17, 15) is 13.6 Å². The maximum absolute atomic E-state index is 12.0. The Balaban J connectivity index is 0.000000326. The molecule has 1 atom stereocenters. The van der Waals surface area contributed by atoms with Crippen LogP contribution in [-0.2, 0) is 16.1 Å². The van der Waals surface area contributed by atoms with Crippen molar-refractivity contribution in [1.82, 2.24) is 25.0 Å². The van der Waals surface area contributed by atoms with E-state index in [0.717, 1.165) is 56.6 Å². The number of rotatable bonds is 7. The number of nitrogens with zero attached hydrogens (tertiary/aromatic N) is 6. The van der Waals surface area contributed by atoms with Crippen LogP contribution in [0.3, 0.4) is 0 Å². The van der Waals surface area contributed by atoms with E-state index in [1.54, 1.807) is 23.4 Å². The molecule has 4 heterocycles. The number of ether oxygens (including phenoxy) is 2. The smallest absolute Gasteiger partial charge is 0.410 e.